The van der Waals surface area contributed by atoms with E-state index >= 15 is 0 Å². The molecule has 1 aliphatic heterocycles. The third-order valence-electron chi connectivity index (χ3n) is 4.39. The van der Waals surface area contributed by atoms with Crippen molar-refractivity contribution in [1.82, 2.24) is 9.21 Å². The van der Waals surface area contributed by atoms with Gasteiger partial charge < -0.3 is 10.0 Å². The number of nitrogens with zero attached hydrogens (tertiary/aromatic N) is 2. The zero-order valence-corrected chi connectivity index (χ0v) is 14.8. The van der Waals surface area contributed by atoms with E-state index in [0.29, 0.717) is 0 Å². The second-order valence-electron chi connectivity index (χ2n) is 6.17. The Morgan fingerprint density at radius 2 is 1.73 bits per heavy atom. The van der Waals surface area contributed by atoms with Crippen molar-refractivity contribution in [3.05, 3.63) is 29.8 Å². The summed E-state index contributed by atoms with van der Waals surface area (Å²) in [6.45, 7) is -1.34. The highest BCUT2D eigenvalue weighted by atomic mass is 32.2. The second-order valence-corrected chi connectivity index (χ2v) is 8.33. The predicted octanol–water partition coefficient (Wildman–Crippen LogP) is 1.42. The lowest BCUT2D eigenvalue weighted by molar-refractivity contribution is -0.227. The van der Waals surface area contributed by atoms with E-state index in [1.807, 2.05) is 0 Å². The first kappa shape index (κ1) is 20.2. The molecule has 0 saturated carbocycles. The largest absolute Gasteiger partial charge is 0.481 e. The molecule has 11 heteroatoms. The minimum atomic E-state index is -4.99. The van der Waals surface area contributed by atoms with Gasteiger partial charge in [0.25, 0.3) is 5.91 Å². The third kappa shape index (κ3) is 3.28. The van der Waals surface area contributed by atoms with Crippen molar-refractivity contribution in [2.45, 2.75) is 17.5 Å². The summed E-state index contributed by atoms with van der Waals surface area (Å²) in [4.78, 5) is 24.3. The molecule has 0 aromatic heterocycles. The average Bonchev–Trinajstić information content (AvgIpc) is 3.00. The Balaban J connectivity index is 2.25. The van der Waals surface area contributed by atoms with Gasteiger partial charge in [-0.15, -0.1) is 0 Å². The summed E-state index contributed by atoms with van der Waals surface area (Å²) in [5, 5.41) is 9.02. The molecule has 1 fully saturated rings. The molecule has 0 spiro atoms. The van der Waals surface area contributed by atoms with Crippen LogP contribution in [-0.4, -0.2) is 68.0 Å². The number of carbonyl (C=O) groups excluding carboxylic acids is 1. The topological polar surface area (TPSA) is 95.0 Å². The van der Waals surface area contributed by atoms with E-state index in [0.717, 1.165) is 9.21 Å². The molecule has 7 nitrogen and oxygen atoms in total. The van der Waals surface area contributed by atoms with Crippen molar-refractivity contribution in [1.29, 1.82) is 0 Å². The van der Waals surface area contributed by atoms with Crippen LogP contribution >= 0.6 is 0 Å². The lowest BCUT2D eigenvalue weighted by atomic mass is 9.86. The summed E-state index contributed by atoms with van der Waals surface area (Å²) in [6.07, 6.45) is -5.72. The Bertz CT molecular complexity index is 821. The first-order valence-corrected chi connectivity index (χ1v) is 8.89. The van der Waals surface area contributed by atoms with Crippen molar-refractivity contribution in [3.8, 4) is 0 Å². The molecular weight excluding hydrogens is 377 g/mol. The van der Waals surface area contributed by atoms with Gasteiger partial charge in [0.05, 0.1) is 4.90 Å². The smallest absolute Gasteiger partial charge is 0.406 e. The van der Waals surface area contributed by atoms with E-state index in [9.17, 15) is 31.2 Å². The number of halogens is 3. The highest BCUT2D eigenvalue weighted by Gasteiger charge is 2.64. The van der Waals surface area contributed by atoms with Gasteiger partial charge in [0.2, 0.25) is 10.0 Å². The Morgan fingerprint density at radius 1 is 1.19 bits per heavy atom. The number of carboxylic acids is 1. The summed E-state index contributed by atoms with van der Waals surface area (Å²) < 4.78 is 64.5. The van der Waals surface area contributed by atoms with Crippen molar-refractivity contribution < 1.29 is 36.3 Å². The summed E-state index contributed by atoms with van der Waals surface area (Å²) in [7, 11) is -1.04. The van der Waals surface area contributed by atoms with E-state index in [1.54, 1.807) is 0 Å². The molecule has 0 radical (unpaired) electrons. The second kappa shape index (κ2) is 6.54. The van der Waals surface area contributed by atoms with Gasteiger partial charge in [0.15, 0.2) is 5.41 Å². The summed E-state index contributed by atoms with van der Waals surface area (Å²) in [6, 6.07) is 4.72. The van der Waals surface area contributed by atoms with E-state index in [-0.39, 0.29) is 17.0 Å². The van der Waals surface area contributed by atoms with E-state index in [2.05, 4.69) is 0 Å². The fourth-order valence-electron chi connectivity index (χ4n) is 2.67. The zero-order chi connectivity index (χ0) is 19.9. The van der Waals surface area contributed by atoms with Crippen molar-refractivity contribution in [2.75, 3.05) is 27.2 Å². The zero-order valence-electron chi connectivity index (χ0n) is 13.9. The van der Waals surface area contributed by atoms with Gasteiger partial charge in [-0.25, -0.2) is 12.7 Å². The molecule has 2 rings (SSSR count). The van der Waals surface area contributed by atoms with Crippen LogP contribution in [0.4, 0.5) is 13.2 Å². The van der Waals surface area contributed by atoms with Gasteiger partial charge in [-0.2, -0.15) is 13.2 Å². The number of aliphatic carboxylic acids is 1. The van der Waals surface area contributed by atoms with Crippen molar-refractivity contribution >= 4 is 21.9 Å². The molecule has 1 unspecified atom stereocenters. The molecule has 144 valence electrons. The molecule has 26 heavy (non-hydrogen) atoms. The van der Waals surface area contributed by atoms with Crippen molar-refractivity contribution in [3.63, 3.8) is 0 Å². The molecule has 0 aliphatic carbocycles. The first-order valence-electron chi connectivity index (χ1n) is 7.45. The number of likely N-dealkylation sites (tertiary alicyclic amines) is 1. The van der Waals surface area contributed by atoms with E-state index in [1.165, 1.54) is 38.4 Å². The van der Waals surface area contributed by atoms with Gasteiger partial charge in [0, 0.05) is 32.7 Å². The minimum Gasteiger partial charge on any atom is -0.481 e. The number of hydrogen-bond donors (Lipinski definition) is 1. The molecule has 1 atom stereocenters. The maximum Gasteiger partial charge on any atom is 0.406 e. The maximum atomic E-state index is 13.2. The molecule has 0 bridgehead atoms. The molecule has 1 N–H and O–H groups in total. The lowest BCUT2D eigenvalue weighted by Crippen LogP contribution is -2.47. The Hall–Kier alpha value is -2.14. The number of benzene rings is 1. The summed E-state index contributed by atoms with van der Waals surface area (Å²) >= 11 is 0. The number of carbonyl (C=O) groups is 2. The van der Waals surface area contributed by atoms with Crippen LogP contribution in [0.25, 0.3) is 0 Å². The maximum absolute atomic E-state index is 13.2. The average molecular weight is 394 g/mol. The Labute approximate surface area is 148 Å². The van der Waals surface area contributed by atoms with Gasteiger partial charge in [-0.05, 0) is 30.7 Å². The monoisotopic (exact) mass is 394 g/mol. The van der Waals surface area contributed by atoms with Crippen LogP contribution in [0, 0.1) is 5.41 Å². The minimum absolute atomic E-state index is 0.0222. The molecule has 1 aliphatic rings. The molecule has 1 aromatic rings. The fourth-order valence-corrected chi connectivity index (χ4v) is 3.57. The SMILES string of the molecule is CN(C)S(=O)(=O)c1ccc(C(=O)N2CCC(C(=O)O)(C(F)(F)F)C2)cc1. The van der Waals surface area contributed by atoms with Crippen LogP contribution < -0.4 is 0 Å². The highest BCUT2D eigenvalue weighted by molar-refractivity contribution is 7.89. The number of sulfonamides is 1. The van der Waals surface area contributed by atoms with Crippen molar-refractivity contribution in [2.24, 2.45) is 5.41 Å². The quantitative estimate of drug-likeness (QED) is 0.833. The first-order chi connectivity index (χ1) is 11.8. The normalized spacial score (nSPS) is 21.2. The summed E-state index contributed by atoms with van der Waals surface area (Å²) in [5.41, 5.74) is -3.01. The van der Waals surface area contributed by atoms with Crippen LogP contribution in [-0.2, 0) is 14.8 Å². The van der Waals surface area contributed by atoms with Crippen LogP contribution in [0.2, 0.25) is 0 Å². The lowest BCUT2D eigenvalue weighted by Gasteiger charge is -2.27. The molecule has 1 aromatic carbocycles. The fraction of sp³-hybridized carbons (Fsp3) is 0.467. The van der Waals surface area contributed by atoms with E-state index in [4.69, 9.17) is 5.11 Å². The van der Waals surface area contributed by atoms with Gasteiger partial charge in [-0.3, -0.25) is 9.59 Å². The Morgan fingerprint density at radius 3 is 2.12 bits per heavy atom. The molecule has 1 saturated heterocycles. The van der Waals surface area contributed by atoms with Crippen LogP contribution in [0.1, 0.15) is 16.8 Å². The number of hydrogen-bond acceptors (Lipinski definition) is 4. The highest BCUT2D eigenvalue weighted by Crippen LogP contribution is 2.46. The number of carboxylic acid groups (broad SMARTS) is 1. The standard InChI is InChI=1S/C15H17F3N2O5S/c1-19(2)26(24,25)11-5-3-10(4-6-11)12(21)20-8-7-14(9-20,13(22)23)15(16,17)18/h3-6H,7-9H2,1-2H3,(H,22,23). The van der Waals surface area contributed by atoms with Gasteiger partial charge in [-0.1, -0.05) is 0 Å². The summed E-state index contributed by atoms with van der Waals surface area (Å²) in [5.74, 6) is -2.81. The van der Waals surface area contributed by atoms with Crippen LogP contribution in [0.3, 0.4) is 0 Å². The van der Waals surface area contributed by atoms with Crippen LogP contribution in [0.5, 0.6) is 0 Å². The molecule has 1 amide bonds. The van der Waals surface area contributed by atoms with Crippen LogP contribution in [0.15, 0.2) is 29.2 Å². The predicted molar refractivity (Wildman–Crippen MR) is 84.0 cm³/mol. The third-order valence-corrected chi connectivity index (χ3v) is 6.22. The number of alkyl halides is 3. The van der Waals surface area contributed by atoms with Gasteiger partial charge >= 0.3 is 12.1 Å². The molecule has 1 heterocycles. The van der Waals surface area contributed by atoms with E-state index < -0.39 is 46.5 Å². The number of rotatable bonds is 4. The number of amides is 1. The molecular formula is C15H17F3N2O5S. The van der Waals surface area contributed by atoms with Gasteiger partial charge in [0.1, 0.15) is 0 Å². The Kier molecular flexibility index (Phi) is 5.08.